The van der Waals surface area contributed by atoms with Crippen LogP contribution < -0.4 is 23.7 Å². The predicted molar refractivity (Wildman–Crippen MR) is 141 cm³/mol. The van der Waals surface area contributed by atoms with Gasteiger partial charge in [0.05, 0.1) is 7.11 Å². The Labute approximate surface area is 236 Å². The number of ether oxygens (including phenoxy) is 7. The van der Waals surface area contributed by atoms with Gasteiger partial charge in [0.1, 0.15) is 23.4 Å². The molecule has 0 aliphatic carbocycles. The number of benzene rings is 2. The Morgan fingerprint density at radius 3 is 1.90 bits per heavy atom. The third-order valence-electron chi connectivity index (χ3n) is 5.91. The molecule has 1 aliphatic heterocycles. The van der Waals surface area contributed by atoms with Crippen molar-refractivity contribution in [2.24, 2.45) is 0 Å². The van der Waals surface area contributed by atoms with Gasteiger partial charge in [0.25, 0.3) is 0 Å². The Kier molecular flexibility index (Phi) is 10.7. The van der Waals surface area contributed by atoms with Crippen molar-refractivity contribution in [1.29, 1.82) is 0 Å². The van der Waals surface area contributed by atoms with E-state index in [4.69, 9.17) is 28.4 Å². The zero-order valence-corrected chi connectivity index (χ0v) is 23.5. The largest absolute Gasteiger partial charge is 0.513 e. The van der Waals surface area contributed by atoms with Crippen molar-refractivity contribution in [3.63, 3.8) is 0 Å². The number of methoxy groups -OCH3 is 1. The standard InChI is InChI=1S/C29H32O12/c1-6-24(30)37-19-11-10-16(12-22(19)39-26(32)8-3)28-23(40-27(33)9-4)15-18-20(38-25(31)7-2)13-17(14-21(18)41-28)36-29(34)35-5/h10-14,23,28H,6-9,15H2,1-5H3/t23-,28-/m1/s1. The van der Waals surface area contributed by atoms with E-state index in [1.54, 1.807) is 33.8 Å². The summed E-state index contributed by atoms with van der Waals surface area (Å²) in [6.07, 6.45) is -2.46. The van der Waals surface area contributed by atoms with E-state index in [0.29, 0.717) is 11.1 Å². The molecule has 0 bridgehead atoms. The zero-order valence-electron chi connectivity index (χ0n) is 23.5. The fourth-order valence-electron chi connectivity index (χ4n) is 3.80. The van der Waals surface area contributed by atoms with Gasteiger partial charge in [-0.05, 0) is 12.1 Å². The van der Waals surface area contributed by atoms with Crippen LogP contribution >= 0.6 is 0 Å². The lowest BCUT2D eigenvalue weighted by molar-refractivity contribution is -0.155. The summed E-state index contributed by atoms with van der Waals surface area (Å²) in [6, 6.07) is 7.24. The molecule has 220 valence electrons. The lowest BCUT2D eigenvalue weighted by Gasteiger charge is -2.34. The number of carbonyl (C=O) groups is 5. The van der Waals surface area contributed by atoms with Crippen molar-refractivity contribution in [3.05, 3.63) is 41.5 Å². The van der Waals surface area contributed by atoms with Crippen molar-refractivity contribution in [3.8, 4) is 28.7 Å². The summed E-state index contributed by atoms with van der Waals surface area (Å²) in [5, 5.41) is 0. The SMILES string of the molecule is CCC(=O)Oc1ccc([C@H]2Oc3cc(OC(=O)OC)cc(OC(=O)CC)c3C[C@H]2OC(=O)CC)cc1OC(=O)CC. The number of carbonyl (C=O) groups excluding carboxylic acids is 5. The molecule has 0 spiro atoms. The first kappa shape index (κ1) is 30.9. The maximum Gasteiger partial charge on any atom is 0.513 e. The van der Waals surface area contributed by atoms with E-state index in [9.17, 15) is 24.0 Å². The first-order valence-corrected chi connectivity index (χ1v) is 13.2. The van der Waals surface area contributed by atoms with Crippen molar-refractivity contribution < 1.29 is 57.1 Å². The topological polar surface area (TPSA) is 150 Å². The van der Waals surface area contributed by atoms with Gasteiger partial charge in [-0.2, -0.15) is 0 Å². The van der Waals surface area contributed by atoms with Gasteiger partial charge in [-0.15, -0.1) is 0 Å². The Bertz CT molecular complexity index is 1320. The van der Waals surface area contributed by atoms with E-state index >= 15 is 0 Å². The summed E-state index contributed by atoms with van der Waals surface area (Å²) < 4.78 is 37.9. The molecule has 2 aromatic carbocycles. The molecule has 1 aliphatic rings. The highest BCUT2D eigenvalue weighted by atomic mass is 16.7. The summed E-state index contributed by atoms with van der Waals surface area (Å²) in [5.74, 6) is -1.91. The van der Waals surface area contributed by atoms with Crippen LogP contribution in [0.1, 0.15) is 70.6 Å². The maximum atomic E-state index is 12.4. The van der Waals surface area contributed by atoms with Gasteiger partial charge in [0.2, 0.25) is 0 Å². The summed E-state index contributed by atoms with van der Waals surface area (Å²) in [4.78, 5) is 60.4. The minimum atomic E-state index is -1.00. The van der Waals surface area contributed by atoms with Crippen LogP contribution in [0.2, 0.25) is 0 Å². The first-order chi connectivity index (χ1) is 19.6. The van der Waals surface area contributed by atoms with E-state index in [2.05, 4.69) is 4.74 Å². The molecule has 3 rings (SSSR count). The third-order valence-corrected chi connectivity index (χ3v) is 5.91. The first-order valence-electron chi connectivity index (χ1n) is 13.2. The van der Waals surface area contributed by atoms with Crippen molar-refractivity contribution in [2.75, 3.05) is 7.11 Å². The van der Waals surface area contributed by atoms with Crippen LogP contribution in [0.5, 0.6) is 28.7 Å². The molecule has 0 aromatic heterocycles. The number of fused-ring (bicyclic) bond motifs is 1. The minimum absolute atomic E-state index is 0.0170. The molecule has 0 saturated carbocycles. The van der Waals surface area contributed by atoms with Crippen molar-refractivity contribution in [2.45, 2.75) is 72.0 Å². The average molecular weight is 573 g/mol. The molecule has 12 heteroatoms. The van der Waals surface area contributed by atoms with Gasteiger partial charge in [-0.1, -0.05) is 33.8 Å². The summed E-state index contributed by atoms with van der Waals surface area (Å²) in [7, 11) is 1.14. The van der Waals surface area contributed by atoms with Gasteiger partial charge in [0, 0.05) is 55.4 Å². The normalized spacial score (nSPS) is 15.4. The highest BCUT2D eigenvalue weighted by molar-refractivity contribution is 5.76. The van der Waals surface area contributed by atoms with Crippen LogP contribution in [-0.4, -0.2) is 43.2 Å². The number of hydrogen-bond donors (Lipinski definition) is 0. The molecule has 12 nitrogen and oxygen atoms in total. The molecule has 2 aromatic rings. The molecular weight excluding hydrogens is 540 g/mol. The van der Waals surface area contributed by atoms with E-state index in [0.717, 1.165) is 7.11 Å². The van der Waals surface area contributed by atoms with E-state index < -0.39 is 42.2 Å². The number of rotatable bonds is 10. The number of esters is 4. The van der Waals surface area contributed by atoms with Crippen LogP contribution in [0.4, 0.5) is 4.79 Å². The predicted octanol–water partition coefficient (Wildman–Crippen LogP) is 4.78. The third kappa shape index (κ3) is 7.96. The zero-order chi connectivity index (χ0) is 30.1. The molecule has 2 atom stereocenters. The molecule has 1 heterocycles. The molecule has 41 heavy (non-hydrogen) atoms. The highest BCUT2D eigenvalue weighted by Gasteiger charge is 2.37. The van der Waals surface area contributed by atoms with Gasteiger partial charge < -0.3 is 33.2 Å². The second-order valence-corrected chi connectivity index (χ2v) is 8.77. The van der Waals surface area contributed by atoms with Crippen molar-refractivity contribution in [1.82, 2.24) is 0 Å². The van der Waals surface area contributed by atoms with Gasteiger partial charge in [0.15, 0.2) is 17.6 Å². The fraction of sp³-hybridized carbons (Fsp3) is 0.414. The lowest BCUT2D eigenvalue weighted by Crippen LogP contribution is -2.35. The molecule has 0 fully saturated rings. The van der Waals surface area contributed by atoms with Crippen LogP contribution in [0.15, 0.2) is 30.3 Å². The molecule has 0 unspecified atom stereocenters. The molecule has 0 N–H and O–H groups in total. The average Bonchev–Trinajstić information content (AvgIpc) is 2.97. The monoisotopic (exact) mass is 572 g/mol. The highest BCUT2D eigenvalue weighted by Crippen LogP contribution is 2.45. The Balaban J connectivity index is 2.12. The van der Waals surface area contributed by atoms with Crippen LogP contribution in [0.3, 0.4) is 0 Å². The Morgan fingerprint density at radius 2 is 1.32 bits per heavy atom. The quantitative estimate of drug-likeness (QED) is 0.219. The Hall–Kier alpha value is -4.61. The number of hydrogen-bond acceptors (Lipinski definition) is 12. The molecule has 0 radical (unpaired) electrons. The van der Waals surface area contributed by atoms with Gasteiger partial charge in [-0.3, -0.25) is 19.2 Å². The lowest BCUT2D eigenvalue weighted by atomic mass is 9.93. The summed E-state index contributed by atoms with van der Waals surface area (Å²) >= 11 is 0. The summed E-state index contributed by atoms with van der Waals surface area (Å²) in [5.41, 5.74) is 0.825. The smallest absolute Gasteiger partial charge is 0.481 e. The van der Waals surface area contributed by atoms with E-state index in [1.165, 1.54) is 24.3 Å². The second kappa shape index (κ2) is 14.1. The second-order valence-electron chi connectivity index (χ2n) is 8.77. The van der Waals surface area contributed by atoms with E-state index in [1.807, 2.05) is 0 Å². The van der Waals surface area contributed by atoms with Crippen LogP contribution in [0, 0.1) is 0 Å². The summed E-state index contributed by atoms with van der Waals surface area (Å²) in [6.45, 7) is 6.49. The van der Waals surface area contributed by atoms with Gasteiger partial charge in [-0.25, -0.2) is 4.79 Å². The maximum absolute atomic E-state index is 12.4. The van der Waals surface area contributed by atoms with Crippen LogP contribution in [0.25, 0.3) is 0 Å². The van der Waals surface area contributed by atoms with E-state index in [-0.39, 0.29) is 60.9 Å². The van der Waals surface area contributed by atoms with Gasteiger partial charge >= 0.3 is 30.0 Å². The van der Waals surface area contributed by atoms with Crippen molar-refractivity contribution >= 4 is 30.0 Å². The molecule has 0 amide bonds. The molecule has 0 saturated heterocycles. The fourth-order valence-corrected chi connectivity index (χ4v) is 3.80. The van der Waals surface area contributed by atoms with Crippen LogP contribution in [-0.2, 0) is 35.1 Å². The molecular formula is C29H32O12. The minimum Gasteiger partial charge on any atom is -0.481 e. The Morgan fingerprint density at radius 1 is 0.732 bits per heavy atom.